The molecule has 7 nitrogen and oxygen atoms in total. The van der Waals surface area contributed by atoms with Gasteiger partial charge in [-0.3, -0.25) is 9.59 Å². The molecule has 4 rings (SSSR count). The van der Waals surface area contributed by atoms with Crippen molar-refractivity contribution in [3.8, 4) is 11.4 Å². The van der Waals surface area contributed by atoms with Gasteiger partial charge in [0, 0.05) is 32.4 Å². The van der Waals surface area contributed by atoms with Crippen LogP contribution in [-0.4, -0.2) is 64.7 Å². The van der Waals surface area contributed by atoms with Gasteiger partial charge in [-0.1, -0.05) is 12.1 Å². The predicted molar refractivity (Wildman–Crippen MR) is 109 cm³/mol. The van der Waals surface area contributed by atoms with Crippen LogP contribution in [-0.2, 0) is 4.79 Å². The Balaban J connectivity index is 1.60. The highest BCUT2D eigenvalue weighted by Gasteiger charge is 2.51. The van der Waals surface area contributed by atoms with E-state index in [2.05, 4.69) is 5.10 Å². The van der Waals surface area contributed by atoms with Crippen molar-refractivity contribution in [3.05, 3.63) is 42.2 Å². The smallest absolute Gasteiger partial charge is 0.257 e. The van der Waals surface area contributed by atoms with Crippen molar-refractivity contribution in [1.82, 2.24) is 19.6 Å². The van der Waals surface area contributed by atoms with E-state index in [4.69, 9.17) is 4.74 Å². The van der Waals surface area contributed by atoms with Gasteiger partial charge in [0.2, 0.25) is 5.91 Å². The molecule has 0 N–H and O–H groups in total. The van der Waals surface area contributed by atoms with Gasteiger partial charge >= 0.3 is 0 Å². The number of para-hydroxylation sites is 2. The van der Waals surface area contributed by atoms with Gasteiger partial charge in [-0.25, -0.2) is 4.68 Å². The second kappa shape index (κ2) is 7.54. The van der Waals surface area contributed by atoms with E-state index in [0.29, 0.717) is 17.9 Å². The van der Waals surface area contributed by atoms with Gasteiger partial charge in [0.25, 0.3) is 5.91 Å². The first-order valence-corrected chi connectivity index (χ1v) is 10.2. The number of hydrogen-bond acceptors (Lipinski definition) is 4. The van der Waals surface area contributed by atoms with E-state index in [0.717, 1.165) is 37.9 Å². The fourth-order valence-electron chi connectivity index (χ4n) is 4.93. The number of likely N-dealkylation sites (tertiary alicyclic amines) is 2. The summed E-state index contributed by atoms with van der Waals surface area (Å²) in [6.45, 7) is 3.49. The number of hydrogen-bond donors (Lipinski definition) is 0. The summed E-state index contributed by atoms with van der Waals surface area (Å²) in [5, 5.41) is 4.38. The van der Waals surface area contributed by atoms with Crippen LogP contribution < -0.4 is 4.74 Å². The van der Waals surface area contributed by atoms with Crippen molar-refractivity contribution < 1.29 is 14.3 Å². The molecule has 2 amide bonds. The van der Waals surface area contributed by atoms with E-state index >= 15 is 0 Å². The quantitative estimate of drug-likeness (QED) is 0.800. The number of nitrogens with zero attached hydrogens (tertiary/aromatic N) is 4. The first-order chi connectivity index (χ1) is 14.0. The van der Waals surface area contributed by atoms with Crippen LogP contribution in [0.2, 0.25) is 0 Å². The normalized spacial score (nSPS) is 24.8. The summed E-state index contributed by atoms with van der Waals surface area (Å²) in [5.74, 6) is 0.799. The molecular weight excluding hydrogens is 368 g/mol. The molecule has 0 unspecified atom stereocenters. The van der Waals surface area contributed by atoms with Crippen molar-refractivity contribution in [2.24, 2.45) is 5.41 Å². The van der Waals surface area contributed by atoms with Crippen molar-refractivity contribution in [2.45, 2.75) is 38.6 Å². The average Bonchev–Trinajstić information content (AvgIpc) is 3.23. The van der Waals surface area contributed by atoms with Crippen LogP contribution >= 0.6 is 0 Å². The molecule has 29 heavy (non-hydrogen) atoms. The van der Waals surface area contributed by atoms with Crippen LogP contribution in [0, 0.1) is 5.41 Å². The standard InChI is InChI=1S/C22H28N4O3/c1-16-22(10-6-12-24(2)21(22)28)11-7-13-25(16)20(27)17-14-23-26(15-17)18-8-4-5-9-19(18)29-3/h4-5,8-9,14-16H,6-7,10-13H2,1-3H3/t16-,22+/m1/s1. The number of benzene rings is 1. The molecule has 1 aromatic heterocycles. The summed E-state index contributed by atoms with van der Waals surface area (Å²) >= 11 is 0. The number of amides is 2. The Labute approximate surface area is 171 Å². The second-order valence-corrected chi connectivity index (χ2v) is 8.11. The topological polar surface area (TPSA) is 67.7 Å². The zero-order valence-corrected chi connectivity index (χ0v) is 17.3. The van der Waals surface area contributed by atoms with E-state index < -0.39 is 5.41 Å². The number of methoxy groups -OCH3 is 1. The Morgan fingerprint density at radius 2 is 1.93 bits per heavy atom. The van der Waals surface area contributed by atoms with Crippen molar-refractivity contribution in [3.63, 3.8) is 0 Å². The largest absolute Gasteiger partial charge is 0.494 e. The molecule has 2 fully saturated rings. The average molecular weight is 396 g/mol. The molecule has 0 radical (unpaired) electrons. The first-order valence-electron chi connectivity index (χ1n) is 10.2. The fraction of sp³-hybridized carbons (Fsp3) is 0.500. The number of aromatic nitrogens is 2. The maximum Gasteiger partial charge on any atom is 0.257 e. The van der Waals surface area contributed by atoms with E-state index in [1.54, 1.807) is 24.2 Å². The predicted octanol–water partition coefficient (Wildman–Crippen LogP) is 2.74. The summed E-state index contributed by atoms with van der Waals surface area (Å²) in [6, 6.07) is 7.43. The maximum atomic E-state index is 13.3. The highest BCUT2D eigenvalue weighted by molar-refractivity contribution is 5.95. The minimum atomic E-state index is -0.459. The summed E-state index contributed by atoms with van der Waals surface area (Å²) < 4.78 is 7.06. The summed E-state index contributed by atoms with van der Waals surface area (Å²) in [6.07, 6.45) is 6.86. The lowest BCUT2D eigenvalue weighted by Crippen LogP contribution is -2.61. The SMILES string of the molecule is COc1ccccc1-n1cc(C(=O)N2CCC[C@@]3(CCCN(C)C3=O)[C@H]2C)cn1. The van der Waals surface area contributed by atoms with Crippen LogP contribution in [0.4, 0.5) is 0 Å². The van der Waals surface area contributed by atoms with Gasteiger partial charge in [-0.05, 0) is 44.7 Å². The van der Waals surface area contributed by atoms with Crippen molar-refractivity contribution in [1.29, 1.82) is 0 Å². The van der Waals surface area contributed by atoms with E-state index in [9.17, 15) is 9.59 Å². The summed E-state index contributed by atoms with van der Waals surface area (Å²) in [5.41, 5.74) is 0.845. The minimum absolute atomic E-state index is 0.0706. The van der Waals surface area contributed by atoms with Crippen LogP contribution in [0.15, 0.2) is 36.7 Å². The molecule has 7 heteroatoms. The first kappa shape index (κ1) is 19.5. The Morgan fingerprint density at radius 1 is 1.21 bits per heavy atom. The molecular formula is C22H28N4O3. The van der Waals surface area contributed by atoms with Crippen LogP contribution in [0.1, 0.15) is 43.0 Å². The third-order valence-electron chi connectivity index (χ3n) is 6.60. The van der Waals surface area contributed by atoms with Crippen LogP contribution in [0.25, 0.3) is 5.69 Å². The van der Waals surface area contributed by atoms with E-state index in [-0.39, 0.29) is 17.9 Å². The molecule has 3 heterocycles. The third kappa shape index (κ3) is 3.18. The summed E-state index contributed by atoms with van der Waals surface area (Å²) in [4.78, 5) is 30.1. The molecule has 154 valence electrons. The van der Waals surface area contributed by atoms with Gasteiger partial charge in [0.1, 0.15) is 11.4 Å². The number of rotatable bonds is 3. The van der Waals surface area contributed by atoms with Gasteiger partial charge in [0.15, 0.2) is 0 Å². The molecule has 1 aromatic carbocycles. The Bertz CT molecular complexity index is 920. The molecule has 1 spiro atoms. The fourth-order valence-corrected chi connectivity index (χ4v) is 4.93. The number of carbonyl (C=O) groups is 2. The third-order valence-corrected chi connectivity index (χ3v) is 6.60. The van der Waals surface area contributed by atoms with Gasteiger partial charge < -0.3 is 14.5 Å². The molecule has 2 aromatic rings. The highest BCUT2D eigenvalue weighted by atomic mass is 16.5. The minimum Gasteiger partial charge on any atom is -0.494 e. The maximum absolute atomic E-state index is 13.3. The number of ether oxygens (including phenoxy) is 1. The van der Waals surface area contributed by atoms with Gasteiger partial charge in [-0.2, -0.15) is 5.10 Å². The molecule has 0 bridgehead atoms. The highest BCUT2D eigenvalue weighted by Crippen LogP contribution is 2.44. The van der Waals surface area contributed by atoms with Crippen LogP contribution in [0.5, 0.6) is 5.75 Å². The summed E-state index contributed by atoms with van der Waals surface area (Å²) in [7, 11) is 3.48. The van der Waals surface area contributed by atoms with Gasteiger partial charge in [-0.15, -0.1) is 0 Å². The molecule has 2 saturated heterocycles. The van der Waals surface area contributed by atoms with E-state index in [1.165, 1.54) is 0 Å². The number of carbonyl (C=O) groups excluding carboxylic acids is 2. The molecule has 0 saturated carbocycles. The van der Waals surface area contributed by atoms with Crippen LogP contribution in [0.3, 0.4) is 0 Å². The lowest BCUT2D eigenvalue weighted by atomic mass is 9.68. The molecule has 2 aliphatic rings. The monoisotopic (exact) mass is 396 g/mol. The molecule has 2 atom stereocenters. The lowest BCUT2D eigenvalue weighted by Gasteiger charge is -2.51. The Hall–Kier alpha value is -2.83. The molecule has 0 aliphatic carbocycles. The zero-order valence-electron chi connectivity index (χ0n) is 17.3. The van der Waals surface area contributed by atoms with Gasteiger partial charge in [0.05, 0.1) is 24.3 Å². The second-order valence-electron chi connectivity index (χ2n) is 8.11. The van der Waals surface area contributed by atoms with Crippen molar-refractivity contribution >= 4 is 11.8 Å². The van der Waals surface area contributed by atoms with Crippen molar-refractivity contribution in [2.75, 3.05) is 27.2 Å². The number of piperidine rings is 2. The lowest BCUT2D eigenvalue weighted by molar-refractivity contribution is -0.152. The zero-order chi connectivity index (χ0) is 20.6. The molecule has 2 aliphatic heterocycles. The Morgan fingerprint density at radius 3 is 2.69 bits per heavy atom. The van der Waals surface area contributed by atoms with E-state index in [1.807, 2.05) is 48.0 Å². The Kier molecular flexibility index (Phi) is 5.06.